The molecule has 0 radical (unpaired) electrons. The lowest BCUT2D eigenvalue weighted by Crippen LogP contribution is -2.48. The number of hydrogen-bond acceptors (Lipinski definition) is 4. The number of benzene rings is 2. The minimum atomic E-state index is -0.392. The van der Waals surface area contributed by atoms with Gasteiger partial charge in [0.1, 0.15) is 5.78 Å². The third-order valence-electron chi connectivity index (χ3n) is 5.50. The molecule has 2 aliphatic rings. The van der Waals surface area contributed by atoms with Gasteiger partial charge in [0.25, 0.3) is 0 Å². The molecule has 2 N–H and O–H groups in total. The van der Waals surface area contributed by atoms with E-state index in [9.17, 15) is 9.90 Å². The van der Waals surface area contributed by atoms with Gasteiger partial charge in [-0.1, -0.05) is 49.2 Å². The molecule has 1 saturated carbocycles. The number of aliphatic hydroxyl groups excluding tert-OH is 1. The van der Waals surface area contributed by atoms with Gasteiger partial charge >= 0.3 is 0 Å². The zero-order chi connectivity index (χ0) is 20.1. The number of carbonyl (C=O) groups is 1. The Morgan fingerprint density at radius 3 is 2.71 bits per heavy atom. The molecule has 1 heterocycles. The highest BCUT2D eigenvalue weighted by molar-refractivity contribution is 6.37. The standard InChI is InChI=1S/C22H22Cl2N2O2/c1-22(2)9-18-20(19(28)10-22)21(14-5-4-13(23)8-15(14)24)26-16-6-3-12(11-27)7-17(16)25-18/h3-8,18,20,25,27H,9-11H2,1-2H3. The molecule has 6 heteroatoms. The van der Waals surface area contributed by atoms with Crippen molar-refractivity contribution in [2.24, 2.45) is 16.3 Å². The number of hydrogen-bond donors (Lipinski definition) is 2. The van der Waals surface area contributed by atoms with E-state index in [2.05, 4.69) is 19.2 Å². The summed E-state index contributed by atoms with van der Waals surface area (Å²) in [6, 6.07) is 10.8. The third kappa shape index (κ3) is 3.57. The van der Waals surface area contributed by atoms with Gasteiger partial charge in [0, 0.05) is 23.0 Å². The topological polar surface area (TPSA) is 61.7 Å². The highest BCUT2D eigenvalue weighted by Crippen LogP contribution is 2.43. The van der Waals surface area contributed by atoms with Crippen molar-refractivity contribution in [1.29, 1.82) is 0 Å². The number of halogens is 2. The maximum atomic E-state index is 13.2. The molecule has 146 valence electrons. The number of ketones is 1. The molecule has 1 aliphatic carbocycles. The molecule has 0 spiro atoms. The first kappa shape index (κ1) is 19.4. The lowest BCUT2D eigenvalue weighted by molar-refractivity contribution is -0.125. The molecule has 2 aromatic carbocycles. The predicted molar refractivity (Wildman–Crippen MR) is 114 cm³/mol. The molecule has 2 aromatic rings. The summed E-state index contributed by atoms with van der Waals surface area (Å²) in [7, 11) is 0. The van der Waals surface area contributed by atoms with Crippen molar-refractivity contribution in [2.75, 3.05) is 5.32 Å². The van der Waals surface area contributed by atoms with Gasteiger partial charge in [-0.3, -0.25) is 4.79 Å². The second-order valence-electron chi connectivity index (χ2n) is 8.37. The number of rotatable bonds is 2. The minimum absolute atomic E-state index is 0.0485. The molecule has 0 saturated heterocycles. The van der Waals surface area contributed by atoms with Gasteiger partial charge in [-0.15, -0.1) is 0 Å². The van der Waals surface area contributed by atoms with Gasteiger partial charge in [-0.05, 0) is 41.7 Å². The van der Waals surface area contributed by atoms with E-state index < -0.39 is 5.92 Å². The van der Waals surface area contributed by atoms with Crippen LogP contribution in [0.25, 0.3) is 0 Å². The highest BCUT2D eigenvalue weighted by Gasteiger charge is 2.45. The van der Waals surface area contributed by atoms with E-state index in [1.54, 1.807) is 12.1 Å². The van der Waals surface area contributed by atoms with Crippen LogP contribution in [0.3, 0.4) is 0 Å². The van der Waals surface area contributed by atoms with Gasteiger partial charge in [-0.2, -0.15) is 0 Å². The van der Waals surface area contributed by atoms with E-state index in [0.717, 1.165) is 28.9 Å². The summed E-state index contributed by atoms with van der Waals surface area (Å²) < 4.78 is 0. The highest BCUT2D eigenvalue weighted by atomic mass is 35.5. The van der Waals surface area contributed by atoms with Crippen molar-refractivity contribution < 1.29 is 9.90 Å². The number of aliphatic imine (C=N–C) groups is 1. The molecule has 0 bridgehead atoms. The largest absolute Gasteiger partial charge is 0.392 e. The Kier molecular flexibility index (Phi) is 4.98. The number of nitrogens with one attached hydrogen (secondary N) is 1. The average Bonchev–Trinajstić information content (AvgIpc) is 2.76. The van der Waals surface area contributed by atoms with Crippen LogP contribution < -0.4 is 5.32 Å². The zero-order valence-electron chi connectivity index (χ0n) is 15.8. The van der Waals surface area contributed by atoms with Crippen molar-refractivity contribution >= 4 is 46.1 Å². The quantitative estimate of drug-likeness (QED) is 0.687. The summed E-state index contributed by atoms with van der Waals surface area (Å²) in [6.07, 6.45) is 1.33. The van der Waals surface area contributed by atoms with E-state index in [1.165, 1.54) is 0 Å². The molecule has 0 amide bonds. The van der Waals surface area contributed by atoms with Crippen molar-refractivity contribution in [3.63, 3.8) is 0 Å². The fourth-order valence-corrected chi connectivity index (χ4v) is 4.79. The molecular formula is C22H22Cl2N2O2. The average molecular weight is 417 g/mol. The summed E-state index contributed by atoms with van der Waals surface area (Å²) in [5.74, 6) is -0.231. The summed E-state index contributed by atoms with van der Waals surface area (Å²) >= 11 is 12.6. The van der Waals surface area contributed by atoms with Crippen LogP contribution in [0.1, 0.15) is 37.8 Å². The molecule has 4 nitrogen and oxygen atoms in total. The second kappa shape index (κ2) is 7.18. The summed E-state index contributed by atoms with van der Waals surface area (Å²) in [4.78, 5) is 18.1. The summed E-state index contributed by atoms with van der Waals surface area (Å²) in [5, 5.41) is 14.1. The fraction of sp³-hybridized carbons (Fsp3) is 0.364. The normalized spacial score (nSPS) is 23.2. The van der Waals surface area contributed by atoms with E-state index in [0.29, 0.717) is 22.2 Å². The predicted octanol–water partition coefficient (Wildman–Crippen LogP) is 5.41. The van der Waals surface area contributed by atoms with E-state index in [4.69, 9.17) is 28.2 Å². The Hall–Kier alpha value is -1.88. The molecule has 28 heavy (non-hydrogen) atoms. The van der Waals surface area contributed by atoms with Crippen molar-refractivity contribution in [2.45, 2.75) is 39.3 Å². The lowest BCUT2D eigenvalue weighted by atomic mass is 9.67. The first-order valence-electron chi connectivity index (χ1n) is 9.34. The van der Waals surface area contributed by atoms with Crippen molar-refractivity contribution in [3.8, 4) is 0 Å². The second-order valence-corrected chi connectivity index (χ2v) is 9.21. The Morgan fingerprint density at radius 1 is 1.21 bits per heavy atom. The molecule has 2 atom stereocenters. The zero-order valence-corrected chi connectivity index (χ0v) is 17.3. The van der Waals surface area contributed by atoms with E-state index in [1.807, 2.05) is 24.3 Å². The number of anilines is 1. The van der Waals surface area contributed by atoms with Gasteiger partial charge < -0.3 is 10.4 Å². The van der Waals surface area contributed by atoms with Gasteiger partial charge in [0.15, 0.2) is 0 Å². The van der Waals surface area contributed by atoms with Crippen LogP contribution in [-0.2, 0) is 11.4 Å². The van der Waals surface area contributed by atoms with Crippen LogP contribution in [0.4, 0.5) is 11.4 Å². The molecule has 2 unspecified atom stereocenters. The van der Waals surface area contributed by atoms with Crippen LogP contribution >= 0.6 is 23.2 Å². The Morgan fingerprint density at radius 2 is 2.00 bits per heavy atom. The third-order valence-corrected chi connectivity index (χ3v) is 6.05. The number of Topliss-reactive ketones (excluding diaryl/α,β-unsaturated/α-hetero) is 1. The lowest BCUT2D eigenvalue weighted by Gasteiger charge is -2.40. The Labute approximate surface area is 174 Å². The smallest absolute Gasteiger partial charge is 0.144 e. The maximum Gasteiger partial charge on any atom is 0.144 e. The van der Waals surface area contributed by atoms with Crippen LogP contribution in [0.15, 0.2) is 41.4 Å². The van der Waals surface area contributed by atoms with E-state index in [-0.39, 0.29) is 23.8 Å². The number of fused-ring (bicyclic) bond motifs is 2. The van der Waals surface area contributed by atoms with Gasteiger partial charge in [0.2, 0.25) is 0 Å². The fourth-order valence-electron chi connectivity index (χ4n) is 4.29. The molecular weight excluding hydrogens is 395 g/mol. The number of carbonyl (C=O) groups excluding carboxylic acids is 1. The molecule has 1 aliphatic heterocycles. The number of nitrogens with zero attached hydrogens (tertiary/aromatic N) is 1. The number of aliphatic hydroxyl groups is 1. The minimum Gasteiger partial charge on any atom is -0.392 e. The van der Waals surface area contributed by atoms with Crippen LogP contribution in [0, 0.1) is 11.3 Å². The van der Waals surface area contributed by atoms with Crippen LogP contribution in [-0.4, -0.2) is 22.6 Å². The summed E-state index contributed by atoms with van der Waals surface area (Å²) in [5.41, 5.74) is 3.67. The van der Waals surface area contributed by atoms with E-state index >= 15 is 0 Å². The monoisotopic (exact) mass is 416 g/mol. The maximum absolute atomic E-state index is 13.2. The van der Waals surface area contributed by atoms with Crippen molar-refractivity contribution in [1.82, 2.24) is 0 Å². The molecule has 4 rings (SSSR count). The summed E-state index contributed by atoms with van der Waals surface area (Å²) in [6.45, 7) is 4.18. The van der Waals surface area contributed by atoms with Crippen LogP contribution in [0.2, 0.25) is 10.0 Å². The van der Waals surface area contributed by atoms with Crippen molar-refractivity contribution in [3.05, 3.63) is 57.6 Å². The first-order valence-corrected chi connectivity index (χ1v) is 10.1. The van der Waals surface area contributed by atoms with Gasteiger partial charge in [-0.25, -0.2) is 4.99 Å². The van der Waals surface area contributed by atoms with Crippen LogP contribution in [0.5, 0.6) is 0 Å². The molecule has 0 aromatic heterocycles. The van der Waals surface area contributed by atoms with Gasteiger partial charge in [0.05, 0.1) is 34.6 Å². The molecule has 1 fully saturated rings. The SMILES string of the molecule is CC1(C)CC(=O)C2C(c3ccc(Cl)cc3Cl)=Nc3ccc(CO)cc3NC2C1. The Balaban J connectivity index is 1.91. The first-order chi connectivity index (χ1) is 13.3. The Bertz CT molecular complexity index is 984.